The number of benzene rings is 1. The first kappa shape index (κ1) is 20.0. The molecule has 0 bridgehead atoms. The van der Waals surface area contributed by atoms with Gasteiger partial charge in [-0.15, -0.1) is 5.06 Å². The molecular formula is C22H27N3O3. The third-order valence-electron chi connectivity index (χ3n) is 5.05. The minimum absolute atomic E-state index is 0.0198. The van der Waals surface area contributed by atoms with E-state index in [4.69, 9.17) is 4.84 Å². The number of pyridine rings is 1. The molecule has 1 aliphatic heterocycles. The molecule has 0 atom stereocenters. The van der Waals surface area contributed by atoms with Gasteiger partial charge >= 0.3 is 5.97 Å². The highest BCUT2D eigenvalue weighted by atomic mass is 16.7. The number of amides is 1. The summed E-state index contributed by atoms with van der Waals surface area (Å²) in [7, 11) is 0. The number of carbonyl (C=O) groups excluding carboxylic acids is 2. The Morgan fingerprint density at radius 2 is 1.54 bits per heavy atom. The van der Waals surface area contributed by atoms with Crippen molar-refractivity contribution in [1.82, 2.24) is 15.4 Å². The van der Waals surface area contributed by atoms with Crippen molar-refractivity contribution >= 4 is 11.9 Å². The number of hydrogen-bond acceptors (Lipinski definition) is 5. The van der Waals surface area contributed by atoms with Gasteiger partial charge in [-0.25, -0.2) is 4.79 Å². The van der Waals surface area contributed by atoms with Crippen molar-refractivity contribution in [1.29, 1.82) is 0 Å². The topological polar surface area (TPSA) is 71.5 Å². The van der Waals surface area contributed by atoms with Gasteiger partial charge in [-0.2, -0.15) is 0 Å². The van der Waals surface area contributed by atoms with Gasteiger partial charge in [-0.3, -0.25) is 9.78 Å². The van der Waals surface area contributed by atoms with Crippen molar-refractivity contribution in [2.45, 2.75) is 57.7 Å². The quantitative estimate of drug-likeness (QED) is 0.876. The van der Waals surface area contributed by atoms with E-state index in [1.54, 1.807) is 41.7 Å². The predicted molar refractivity (Wildman–Crippen MR) is 107 cm³/mol. The fourth-order valence-corrected chi connectivity index (χ4v) is 4.09. The second kappa shape index (κ2) is 7.72. The number of nitrogens with one attached hydrogen (secondary N) is 1. The molecule has 2 heterocycles. The zero-order valence-electron chi connectivity index (χ0n) is 16.8. The van der Waals surface area contributed by atoms with Crippen molar-refractivity contribution in [3.05, 3.63) is 66.0 Å². The minimum Gasteiger partial charge on any atom is -0.363 e. The third kappa shape index (κ3) is 4.39. The van der Waals surface area contributed by atoms with Crippen molar-refractivity contribution < 1.29 is 14.4 Å². The van der Waals surface area contributed by atoms with Crippen LogP contribution in [0, 0.1) is 0 Å². The van der Waals surface area contributed by atoms with Gasteiger partial charge in [0.15, 0.2) is 0 Å². The third-order valence-corrected chi connectivity index (χ3v) is 5.05. The van der Waals surface area contributed by atoms with Crippen molar-refractivity contribution in [2.75, 3.05) is 0 Å². The van der Waals surface area contributed by atoms with Gasteiger partial charge in [-0.05, 0) is 64.8 Å². The van der Waals surface area contributed by atoms with Crippen LogP contribution in [-0.2, 0) is 4.84 Å². The SMILES string of the molecule is CC1(C)CC(NC(=O)c2ccccc2)CC(C)(C)N1OC(=O)c1ccncc1. The van der Waals surface area contributed by atoms with E-state index in [1.165, 1.54) is 0 Å². The van der Waals surface area contributed by atoms with Crippen LogP contribution in [0.2, 0.25) is 0 Å². The van der Waals surface area contributed by atoms with Gasteiger partial charge < -0.3 is 10.2 Å². The number of hydrogen-bond donors (Lipinski definition) is 1. The van der Waals surface area contributed by atoms with Crippen molar-refractivity contribution in [2.24, 2.45) is 0 Å². The lowest BCUT2D eigenvalue weighted by molar-refractivity contribution is -0.244. The molecule has 2 aromatic rings. The monoisotopic (exact) mass is 381 g/mol. The molecule has 28 heavy (non-hydrogen) atoms. The molecule has 148 valence electrons. The highest BCUT2D eigenvalue weighted by Crippen LogP contribution is 2.39. The molecule has 0 saturated carbocycles. The highest BCUT2D eigenvalue weighted by Gasteiger charge is 2.48. The summed E-state index contributed by atoms with van der Waals surface area (Å²) in [5, 5.41) is 4.91. The molecule has 6 nitrogen and oxygen atoms in total. The molecule has 6 heteroatoms. The number of nitrogens with zero attached hydrogens (tertiary/aromatic N) is 2. The molecule has 3 rings (SSSR count). The molecule has 1 aromatic carbocycles. The van der Waals surface area contributed by atoms with E-state index in [0.717, 1.165) is 0 Å². The van der Waals surface area contributed by atoms with E-state index in [-0.39, 0.29) is 11.9 Å². The molecule has 0 unspecified atom stereocenters. The molecule has 1 amide bonds. The van der Waals surface area contributed by atoms with Crippen LogP contribution in [0.3, 0.4) is 0 Å². The predicted octanol–water partition coefficient (Wildman–Crippen LogP) is 3.61. The summed E-state index contributed by atoms with van der Waals surface area (Å²) in [4.78, 5) is 34.9. The van der Waals surface area contributed by atoms with Gasteiger partial charge in [0, 0.05) is 24.0 Å². The van der Waals surface area contributed by atoms with E-state index >= 15 is 0 Å². The van der Waals surface area contributed by atoms with E-state index in [2.05, 4.69) is 10.3 Å². The summed E-state index contributed by atoms with van der Waals surface area (Å²) in [6.07, 6.45) is 4.47. The normalized spacial score (nSPS) is 19.0. The molecule has 0 spiro atoms. The smallest absolute Gasteiger partial charge is 0.357 e. The Bertz CT molecular complexity index is 817. The largest absolute Gasteiger partial charge is 0.363 e. The number of rotatable bonds is 4. The molecule has 1 N–H and O–H groups in total. The molecule has 1 saturated heterocycles. The van der Waals surface area contributed by atoms with Gasteiger partial charge in [0.05, 0.1) is 16.6 Å². The molecular weight excluding hydrogens is 354 g/mol. The van der Waals surface area contributed by atoms with E-state index in [0.29, 0.717) is 24.0 Å². The lowest BCUT2D eigenvalue weighted by atomic mass is 9.79. The van der Waals surface area contributed by atoms with Crippen LogP contribution in [0.25, 0.3) is 0 Å². The van der Waals surface area contributed by atoms with E-state index in [9.17, 15) is 9.59 Å². The second-order valence-corrected chi connectivity index (χ2v) is 8.48. The standard InChI is InChI=1S/C22H27N3O3/c1-21(2)14-18(24-19(26)16-8-6-5-7-9-16)15-22(3,4)25(21)28-20(27)17-10-12-23-13-11-17/h5-13,18H,14-15H2,1-4H3,(H,24,26). The highest BCUT2D eigenvalue weighted by molar-refractivity contribution is 5.94. The summed E-state index contributed by atoms with van der Waals surface area (Å²) in [6, 6.07) is 12.4. The minimum atomic E-state index is -0.445. The Labute approximate surface area is 165 Å². The average molecular weight is 381 g/mol. The Morgan fingerprint density at radius 3 is 2.11 bits per heavy atom. The molecule has 1 aromatic heterocycles. The van der Waals surface area contributed by atoms with Gasteiger partial charge in [0.2, 0.25) is 0 Å². The lowest BCUT2D eigenvalue weighted by Crippen LogP contribution is -2.64. The van der Waals surface area contributed by atoms with Crippen LogP contribution in [0.4, 0.5) is 0 Å². The Balaban J connectivity index is 1.72. The fraction of sp³-hybridized carbons (Fsp3) is 0.409. The first-order chi connectivity index (χ1) is 13.2. The van der Waals surface area contributed by atoms with Gasteiger partial charge in [0.25, 0.3) is 5.91 Å². The first-order valence-electron chi connectivity index (χ1n) is 9.48. The molecule has 1 fully saturated rings. The number of piperidine rings is 1. The van der Waals surface area contributed by atoms with E-state index in [1.807, 2.05) is 45.9 Å². The van der Waals surface area contributed by atoms with Crippen LogP contribution in [0.5, 0.6) is 0 Å². The maximum Gasteiger partial charge on any atom is 0.357 e. The summed E-state index contributed by atoms with van der Waals surface area (Å²) in [5.74, 6) is -0.491. The number of hydroxylamine groups is 2. The first-order valence-corrected chi connectivity index (χ1v) is 9.48. The summed E-state index contributed by atoms with van der Waals surface area (Å²) >= 11 is 0. The Morgan fingerprint density at radius 1 is 0.964 bits per heavy atom. The number of aromatic nitrogens is 1. The van der Waals surface area contributed by atoms with Gasteiger partial charge in [-0.1, -0.05) is 18.2 Å². The number of carbonyl (C=O) groups is 2. The van der Waals surface area contributed by atoms with Crippen LogP contribution in [-0.4, -0.2) is 39.0 Å². The fourth-order valence-electron chi connectivity index (χ4n) is 4.09. The lowest BCUT2D eigenvalue weighted by Gasteiger charge is -2.52. The summed E-state index contributed by atoms with van der Waals surface area (Å²) in [6.45, 7) is 8.09. The molecule has 0 aliphatic carbocycles. The van der Waals surface area contributed by atoms with E-state index < -0.39 is 17.0 Å². The Hall–Kier alpha value is -2.73. The van der Waals surface area contributed by atoms with Crippen LogP contribution < -0.4 is 5.32 Å². The van der Waals surface area contributed by atoms with Crippen LogP contribution >= 0.6 is 0 Å². The van der Waals surface area contributed by atoms with Crippen molar-refractivity contribution in [3.8, 4) is 0 Å². The van der Waals surface area contributed by atoms with Crippen LogP contribution in [0.1, 0.15) is 61.3 Å². The Kier molecular flexibility index (Phi) is 5.52. The zero-order valence-corrected chi connectivity index (χ0v) is 16.8. The zero-order chi connectivity index (χ0) is 20.4. The van der Waals surface area contributed by atoms with Crippen LogP contribution in [0.15, 0.2) is 54.9 Å². The van der Waals surface area contributed by atoms with Gasteiger partial charge in [0.1, 0.15) is 0 Å². The molecule has 1 aliphatic rings. The maximum atomic E-state index is 12.6. The average Bonchev–Trinajstić information content (AvgIpc) is 2.65. The summed E-state index contributed by atoms with van der Waals surface area (Å²) in [5.41, 5.74) is 0.212. The molecule has 0 radical (unpaired) electrons. The summed E-state index contributed by atoms with van der Waals surface area (Å²) < 4.78 is 0. The van der Waals surface area contributed by atoms with Crippen molar-refractivity contribution in [3.63, 3.8) is 0 Å². The second-order valence-electron chi connectivity index (χ2n) is 8.48. The maximum absolute atomic E-state index is 12.6.